The fourth-order valence-corrected chi connectivity index (χ4v) is 4.42. The highest BCUT2D eigenvalue weighted by Crippen LogP contribution is 2.27. The SMILES string of the molecule is Cc1cc(Cl)cc(NC(=O)c2ccc(Nc3ccc(CN=Nc4ncc(F)c(N5CCOCC5)n4)nc3)cc2O)c1. The van der Waals surface area contributed by atoms with Gasteiger partial charge in [0.05, 0.1) is 42.6 Å². The van der Waals surface area contributed by atoms with E-state index in [4.69, 9.17) is 16.3 Å². The molecule has 41 heavy (non-hydrogen) atoms. The number of nitrogens with zero attached hydrogens (tertiary/aromatic N) is 6. The van der Waals surface area contributed by atoms with Gasteiger partial charge in [0.1, 0.15) is 12.3 Å². The number of carbonyl (C=O) groups excluding carboxylic acids is 1. The van der Waals surface area contributed by atoms with Gasteiger partial charge in [0, 0.05) is 35.6 Å². The maximum atomic E-state index is 14.2. The number of hydrogen-bond acceptors (Lipinski definition) is 10. The number of anilines is 4. The van der Waals surface area contributed by atoms with Crippen LogP contribution >= 0.6 is 11.6 Å². The van der Waals surface area contributed by atoms with Gasteiger partial charge in [-0.2, -0.15) is 10.1 Å². The van der Waals surface area contributed by atoms with Crippen molar-refractivity contribution in [1.82, 2.24) is 15.0 Å². The third kappa shape index (κ3) is 7.29. The number of phenolic OH excluding ortho intramolecular Hbond substituents is 1. The van der Waals surface area contributed by atoms with E-state index in [9.17, 15) is 14.3 Å². The average Bonchev–Trinajstić information content (AvgIpc) is 2.95. The number of morpholine rings is 1. The summed E-state index contributed by atoms with van der Waals surface area (Å²) in [6, 6.07) is 13.4. The van der Waals surface area contributed by atoms with Crippen molar-refractivity contribution in [1.29, 1.82) is 0 Å². The number of rotatable bonds is 8. The Morgan fingerprint density at radius 2 is 1.88 bits per heavy atom. The van der Waals surface area contributed by atoms with Crippen molar-refractivity contribution < 1.29 is 19.0 Å². The Labute approximate surface area is 240 Å². The van der Waals surface area contributed by atoms with Crippen LogP contribution in [0.3, 0.4) is 0 Å². The van der Waals surface area contributed by atoms with Crippen molar-refractivity contribution >= 4 is 46.3 Å². The second-order valence-electron chi connectivity index (χ2n) is 9.21. The highest BCUT2D eigenvalue weighted by Gasteiger charge is 2.18. The van der Waals surface area contributed by atoms with Crippen LogP contribution in [0.2, 0.25) is 5.02 Å². The smallest absolute Gasteiger partial charge is 0.270 e. The molecule has 3 N–H and O–H groups in total. The Morgan fingerprint density at radius 3 is 2.61 bits per heavy atom. The summed E-state index contributed by atoms with van der Waals surface area (Å²) in [6.07, 6.45) is 2.69. The maximum absolute atomic E-state index is 14.2. The van der Waals surface area contributed by atoms with Crippen LogP contribution in [0.15, 0.2) is 71.2 Å². The van der Waals surface area contributed by atoms with E-state index in [0.717, 1.165) is 11.8 Å². The van der Waals surface area contributed by atoms with Crippen LogP contribution in [0.1, 0.15) is 21.6 Å². The summed E-state index contributed by atoms with van der Waals surface area (Å²) in [4.78, 5) is 26.9. The van der Waals surface area contributed by atoms with Crippen LogP contribution in [-0.2, 0) is 11.3 Å². The fourth-order valence-electron chi connectivity index (χ4n) is 4.13. The van der Waals surface area contributed by atoms with Gasteiger partial charge in [-0.25, -0.2) is 9.37 Å². The number of halogens is 2. The number of benzene rings is 2. The number of phenols is 1. The number of hydrogen-bond donors (Lipinski definition) is 3. The number of aryl methyl sites for hydroxylation is 1. The summed E-state index contributed by atoms with van der Waals surface area (Å²) in [5.74, 6) is -0.919. The number of aromatic hydroxyl groups is 1. The summed E-state index contributed by atoms with van der Waals surface area (Å²) < 4.78 is 19.5. The van der Waals surface area contributed by atoms with E-state index >= 15 is 0 Å². The molecule has 1 aliphatic heterocycles. The number of carbonyl (C=O) groups is 1. The van der Waals surface area contributed by atoms with Crippen LogP contribution in [0.25, 0.3) is 0 Å². The van der Waals surface area contributed by atoms with Crippen molar-refractivity contribution in [3.05, 3.63) is 88.6 Å². The predicted molar refractivity (Wildman–Crippen MR) is 153 cm³/mol. The predicted octanol–water partition coefficient (Wildman–Crippen LogP) is 5.79. The molecule has 210 valence electrons. The summed E-state index contributed by atoms with van der Waals surface area (Å²) in [6.45, 7) is 4.13. The van der Waals surface area contributed by atoms with Crippen LogP contribution in [-0.4, -0.2) is 52.3 Å². The van der Waals surface area contributed by atoms with Gasteiger partial charge < -0.3 is 25.4 Å². The minimum Gasteiger partial charge on any atom is -0.507 e. The third-order valence-corrected chi connectivity index (χ3v) is 6.29. The van der Waals surface area contributed by atoms with Crippen LogP contribution < -0.4 is 15.5 Å². The lowest BCUT2D eigenvalue weighted by atomic mass is 10.1. The first-order valence-corrected chi connectivity index (χ1v) is 13.1. The maximum Gasteiger partial charge on any atom is 0.270 e. The molecular formula is C28H26ClFN8O3. The van der Waals surface area contributed by atoms with Crippen molar-refractivity contribution in [3.8, 4) is 5.75 Å². The Bertz CT molecular complexity index is 1560. The third-order valence-electron chi connectivity index (χ3n) is 6.07. The van der Waals surface area contributed by atoms with Gasteiger partial charge in [-0.15, -0.1) is 5.11 Å². The van der Waals surface area contributed by atoms with Gasteiger partial charge in [0.25, 0.3) is 11.9 Å². The summed E-state index contributed by atoms with van der Waals surface area (Å²) >= 11 is 6.06. The minimum absolute atomic E-state index is 0.0609. The van der Waals surface area contributed by atoms with E-state index in [-0.39, 0.29) is 29.6 Å². The zero-order valence-corrected chi connectivity index (χ0v) is 22.8. The zero-order valence-electron chi connectivity index (χ0n) is 22.0. The van der Waals surface area contributed by atoms with E-state index < -0.39 is 11.7 Å². The lowest BCUT2D eigenvalue weighted by Crippen LogP contribution is -2.37. The van der Waals surface area contributed by atoms with Gasteiger partial charge in [0.2, 0.25) is 0 Å². The molecule has 1 aliphatic rings. The second-order valence-corrected chi connectivity index (χ2v) is 9.64. The molecular weight excluding hydrogens is 551 g/mol. The Balaban J connectivity index is 1.17. The molecule has 13 heteroatoms. The van der Waals surface area contributed by atoms with Gasteiger partial charge in [0.15, 0.2) is 11.6 Å². The molecule has 0 unspecified atom stereocenters. The van der Waals surface area contributed by atoms with E-state index in [0.29, 0.717) is 54.1 Å². The van der Waals surface area contributed by atoms with Crippen molar-refractivity contribution in [2.75, 3.05) is 41.8 Å². The molecule has 11 nitrogen and oxygen atoms in total. The first kappa shape index (κ1) is 27.9. The molecule has 2 aromatic heterocycles. The standard InChI is InChI=1S/C28H26ClFN8O3/c1-17-10-18(29)12-22(11-17)35-27(40)23-5-4-19(13-25(23)39)34-21-3-2-20(31-14-21)15-33-37-28-32-16-24(30)26(36-28)38-6-8-41-9-7-38/h2-5,10-14,16,34,39H,6-9,15H2,1H3,(H,35,40). The highest BCUT2D eigenvalue weighted by atomic mass is 35.5. The number of azo groups is 1. The normalized spacial score (nSPS) is 13.4. The van der Waals surface area contributed by atoms with Crippen molar-refractivity contribution in [2.24, 2.45) is 10.2 Å². The van der Waals surface area contributed by atoms with E-state index in [1.165, 1.54) is 12.1 Å². The molecule has 0 atom stereocenters. The molecule has 2 aromatic carbocycles. The molecule has 5 rings (SSSR count). The quantitative estimate of drug-likeness (QED) is 0.224. The second kappa shape index (κ2) is 12.7. The summed E-state index contributed by atoms with van der Waals surface area (Å²) in [5.41, 5.74) is 3.43. The van der Waals surface area contributed by atoms with Crippen LogP contribution in [0, 0.1) is 12.7 Å². The van der Waals surface area contributed by atoms with E-state index in [1.54, 1.807) is 47.5 Å². The zero-order chi connectivity index (χ0) is 28.8. The van der Waals surface area contributed by atoms with Gasteiger partial charge in [-0.05, 0) is 55.0 Å². The number of nitrogens with one attached hydrogen (secondary N) is 2. The fraction of sp³-hybridized carbons (Fsp3) is 0.214. The molecule has 4 aromatic rings. The van der Waals surface area contributed by atoms with Gasteiger partial charge >= 0.3 is 0 Å². The number of aromatic nitrogens is 3. The van der Waals surface area contributed by atoms with E-state index in [1.807, 2.05) is 6.92 Å². The van der Waals surface area contributed by atoms with Gasteiger partial charge in [-0.1, -0.05) is 11.6 Å². The monoisotopic (exact) mass is 576 g/mol. The molecule has 1 fully saturated rings. The molecule has 0 aliphatic carbocycles. The lowest BCUT2D eigenvalue weighted by Gasteiger charge is -2.27. The Morgan fingerprint density at radius 1 is 1.07 bits per heavy atom. The Hall–Kier alpha value is -4.68. The van der Waals surface area contributed by atoms with E-state index in [2.05, 4.69) is 35.8 Å². The molecule has 1 saturated heterocycles. The molecule has 0 radical (unpaired) electrons. The number of pyridine rings is 1. The first-order chi connectivity index (χ1) is 19.8. The average molecular weight is 577 g/mol. The van der Waals surface area contributed by atoms with Crippen LogP contribution in [0.4, 0.5) is 33.2 Å². The largest absolute Gasteiger partial charge is 0.507 e. The number of ether oxygens (including phenoxy) is 1. The first-order valence-electron chi connectivity index (χ1n) is 12.7. The molecule has 0 spiro atoms. The van der Waals surface area contributed by atoms with Gasteiger partial charge in [-0.3, -0.25) is 9.78 Å². The van der Waals surface area contributed by atoms with Crippen LogP contribution in [0.5, 0.6) is 5.75 Å². The molecule has 1 amide bonds. The molecule has 0 saturated carbocycles. The topological polar surface area (TPSA) is 137 Å². The van der Waals surface area contributed by atoms with Crippen molar-refractivity contribution in [2.45, 2.75) is 13.5 Å². The number of amides is 1. The minimum atomic E-state index is -0.519. The highest BCUT2D eigenvalue weighted by molar-refractivity contribution is 6.31. The Kier molecular flexibility index (Phi) is 8.61. The summed E-state index contributed by atoms with van der Waals surface area (Å²) in [5, 5.41) is 24.9. The lowest BCUT2D eigenvalue weighted by molar-refractivity contribution is 0.102. The molecule has 3 heterocycles. The molecule has 0 bridgehead atoms. The van der Waals surface area contributed by atoms with Crippen molar-refractivity contribution in [3.63, 3.8) is 0 Å². The summed E-state index contributed by atoms with van der Waals surface area (Å²) in [7, 11) is 0.